The van der Waals surface area contributed by atoms with Crippen molar-refractivity contribution in [3.05, 3.63) is 156 Å². The Hall–Kier alpha value is -5.20. The molecule has 8 aromatic carbocycles. The Kier molecular flexibility index (Phi) is 4.95. The summed E-state index contributed by atoms with van der Waals surface area (Å²) in [6.45, 7) is 9.68. The second-order valence-electron chi connectivity index (χ2n) is 14.5. The van der Waals surface area contributed by atoms with Crippen LogP contribution in [0.25, 0.3) is 76.8 Å². The van der Waals surface area contributed by atoms with E-state index in [4.69, 9.17) is 0 Å². The van der Waals surface area contributed by atoms with Crippen molar-refractivity contribution in [2.24, 2.45) is 0 Å². The van der Waals surface area contributed by atoms with Gasteiger partial charge in [-0.2, -0.15) is 0 Å². The minimum atomic E-state index is -0.0790. The van der Waals surface area contributed by atoms with Crippen LogP contribution in [0.5, 0.6) is 0 Å². The zero-order valence-corrected chi connectivity index (χ0v) is 26.7. The van der Waals surface area contributed by atoms with Gasteiger partial charge in [0.25, 0.3) is 0 Å². The van der Waals surface area contributed by atoms with Gasteiger partial charge in [0.05, 0.1) is 0 Å². The Bertz CT molecular complexity index is 2560. The predicted octanol–water partition coefficient (Wildman–Crippen LogP) is 12.5. The van der Waals surface area contributed by atoms with E-state index >= 15 is 0 Å². The highest BCUT2D eigenvalue weighted by Crippen LogP contribution is 2.59. The van der Waals surface area contributed by atoms with E-state index in [1.54, 1.807) is 0 Å². The Balaban J connectivity index is 1.20. The van der Waals surface area contributed by atoms with Crippen LogP contribution in [0.15, 0.2) is 133 Å². The fraction of sp³-hybridized carbons (Fsp3) is 0.130. The number of hydrogen-bond acceptors (Lipinski definition) is 0. The standard InChI is InChI=1S/C46H34/c1-45(2)39-13-9-8-12-33(39)36-23-24-37-38-26-30(18-25-40(38)46(3,4)44(37)43(36)45)32-20-15-29-16-21-34-31(27-10-6-5-7-11-27)19-14-28-17-22-35(32)42(29)41(28)34/h5-26H,1-4H3. The van der Waals surface area contributed by atoms with Gasteiger partial charge in [0.15, 0.2) is 0 Å². The Morgan fingerprint density at radius 2 is 0.848 bits per heavy atom. The topological polar surface area (TPSA) is 0 Å². The Labute approximate surface area is 270 Å². The average molecular weight is 587 g/mol. The second-order valence-corrected chi connectivity index (χ2v) is 14.5. The van der Waals surface area contributed by atoms with Crippen molar-refractivity contribution < 1.29 is 0 Å². The monoisotopic (exact) mass is 586 g/mol. The predicted molar refractivity (Wildman–Crippen MR) is 196 cm³/mol. The molecule has 2 aliphatic rings. The lowest BCUT2D eigenvalue weighted by atomic mass is 9.72. The van der Waals surface area contributed by atoms with E-state index in [9.17, 15) is 0 Å². The zero-order valence-electron chi connectivity index (χ0n) is 26.7. The zero-order chi connectivity index (χ0) is 30.9. The first-order valence-corrected chi connectivity index (χ1v) is 16.5. The largest absolute Gasteiger partial charge is 0.0622 e. The normalized spacial score (nSPS) is 15.3. The van der Waals surface area contributed by atoms with Crippen molar-refractivity contribution in [3.8, 4) is 44.5 Å². The molecule has 0 nitrogen and oxygen atoms in total. The van der Waals surface area contributed by atoms with Gasteiger partial charge in [-0.3, -0.25) is 0 Å². The van der Waals surface area contributed by atoms with Crippen molar-refractivity contribution in [2.75, 3.05) is 0 Å². The molecule has 8 aromatic rings. The van der Waals surface area contributed by atoms with Crippen molar-refractivity contribution in [3.63, 3.8) is 0 Å². The summed E-state index contributed by atoms with van der Waals surface area (Å²) in [6, 6.07) is 50.4. The minimum Gasteiger partial charge on any atom is -0.0622 e. The SMILES string of the molecule is CC1(C)c2ccccc2-c2ccc3c(c21)C(C)(C)c1ccc(-c2ccc4ccc5c(-c6ccccc6)ccc6ccc2c4c65)cc1-3. The molecule has 0 N–H and O–H groups in total. The maximum atomic E-state index is 2.48. The molecule has 0 heterocycles. The highest BCUT2D eigenvalue weighted by Gasteiger charge is 2.45. The molecule has 0 heteroatoms. The van der Waals surface area contributed by atoms with Gasteiger partial charge in [-0.25, -0.2) is 0 Å². The highest BCUT2D eigenvalue weighted by molar-refractivity contribution is 6.27. The highest BCUT2D eigenvalue weighted by atomic mass is 14.5. The number of rotatable bonds is 2. The maximum Gasteiger partial charge on any atom is 0.0162 e. The third-order valence-corrected chi connectivity index (χ3v) is 11.4. The fourth-order valence-electron chi connectivity index (χ4n) is 9.28. The van der Waals surface area contributed by atoms with E-state index in [0.717, 1.165) is 0 Å². The van der Waals surface area contributed by atoms with E-state index in [2.05, 4.69) is 161 Å². The van der Waals surface area contributed by atoms with E-state index in [1.807, 2.05) is 0 Å². The molecule has 0 radical (unpaired) electrons. The summed E-state index contributed by atoms with van der Waals surface area (Å²) in [5, 5.41) is 7.97. The van der Waals surface area contributed by atoms with Crippen LogP contribution in [-0.4, -0.2) is 0 Å². The van der Waals surface area contributed by atoms with Gasteiger partial charge in [0.1, 0.15) is 0 Å². The first-order chi connectivity index (χ1) is 22.3. The van der Waals surface area contributed by atoms with Gasteiger partial charge in [-0.05, 0) is 105 Å². The van der Waals surface area contributed by atoms with Gasteiger partial charge >= 0.3 is 0 Å². The molecule has 46 heavy (non-hydrogen) atoms. The molecule has 0 atom stereocenters. The fourth-order valence-corrected chi connectivity index (χ4v) is 9.28. The van der Waals surface area contributed by atoms with Crippen molar-refractivity contribution in [2.45, 2.75) is 38.5 Å². The first-order valence-electron chi connectivity index (χ1n) is 16.5. The molecule has 0 aromatic heterocycles. The van der Waals surface area contributed by atoms with Crippen molar-refractivity contribution >= 4 is 32.3 Å². The lowest BCUT2D eigenvalue weighted by Crippen LogP contribution is -2.24. The molecule has 0 fully saturated rings. The molecule has 0 spiro atoms. The number of hydrogen-bond donors (Lipinski definition) is 0. The summed E-state index contributed by atoms with van der Waals surface area (Å²) >= 11 is 0. The summed E-state index contributed by atoms with van der Waals surface area (Å²) in [5.41, 5.74) is 16.5. The van der Waals surface area contributed by atoms with Crippen LogP contribution >= 0.6 is 0 Å². The third kappa shape index (κ3) is 3.19. The van der Waals surface area contributed by atoms with Crippen LogP contribution in [0, 0.1) is 0 Å². The summed E-state index contributed by atoms with van der Waals surface area (Å²) in [5.74, 6) is 0. The molecule has 2 aliphatic carbocycles. The van der Waals surface area contributed by atoms with Crippen molar-refractivity contribution in [1.29, 1.82) is 0 Å². The summed E-state index contributed by atoms with van der Waals surface area (Å²) in [7, 11) is 0. The second kappa shape index (κ2) is 8.74. The van der Waals surface area contributed by atoms with Gasteiger partial charge in [0, 0.05) is 10.8 Å². The van der Waals surface area contributed by atoms with Gasteiger partial charge in [-0.15, -0.1) is 0 Å². The Morgan fingerprint density at radius 1 is 0.348 bits per heavy atom. The van der Waals surface area contributed by atoms with Crippen molar-refractivity contribution in [1.82, 2.24) is 0 Å². The minimum absolute atomic E-state index is 0.0376. The van der Waals surface area contributed by atoms with Crippen LogP contribution < -0.4 is 0 Å². The maximum absolute atomic E-state index is 2.48. The summed E-state index contributed by atoms with van der Waals surface area (Å²) < 4.78 is 0. The third-order valence-electron chi connectivity index (χ3n) is 11.4. The van der Waals surface area contributed by atoms with Crippen LogP contribution in [0.3, 0.4) is 0 Å². The van der Waals surface area contributed by atoms with E-state index < -0.39 is 0 Å². The lowest BCUT2D eigenvalue weighted by molar-refractivity contribution is 0.601. The van der Waals surface area contributed by atoms with E-state index in [0.29, 0.717) is 0 Å². The molecule has 0 saturated heterocycles. The molecule has 10 rings (SSSR count). The van der Waals surface area contributed by atoms with Gasteiger partial charge < -0.3 is 0 Å². The molecular formula is C46H34. The molecule has 218 valence electrons. The lowest BCUT2D eigenvalue weighted by Gasteiger charge is -2.30. The van der Waals surface area contributed by atoms with Gasteiger partial charge in [0.2, 0.25) is 0 Å². The summed E-state index contributed by atoms with van der Waals surface area (Å²) in [6.07, 6.45) is 0. The quantitative estimate of drug-likeness (QED) is 0.177. The number of benzene rings is 8. The smallest absolute Gasteiger partial charge is 0.0162 e. The average Bonchev–Trinajstić information content (AvgIpc) is 3.46. The molecular weight excluding hydrogens is 553 g/mol. The number of fused-ring (bicyclic) bond motifs is 7. The van der Waals surface area contributed by atoms with Crippen LogP contribution in [0.2, 0.25) is 0 Å². The first kappa shape index (κ1) is 26.1. The molecule has 0 amide bonds. The summed E-state index contributed by atoms with van der Waals surface area (Å²) in [4.78, 5) is 0. The molecule has 0 saturated carbocycles. The Morgan fingerprint density at radius 3 is 1.50 bits per heavy atom. The molecule has 0 aliphatic heterocycles. The molecule has 0 unspecified atom stereocenters. The molecule has 0 bridgehead atoms. The van der Waals surface area contributed by atoms with Crippen LogP contribution in [0.4, 0.5) is 0 Å². The van der Waals surface area contributed by atoms with Crippen LogP contribution in [0.1, 0.15) is 49.9 Å². The van der Waals surface area contributed by atoms with E-state index in [-0.39, 0.29) is 10.8 Å². The van der Waals surface area contributed by atoms with E-state index in [1.165, 1.54) is 99.1 Å². The van der Waals surface area contributed by atoms with Crippen LogP contribution in [-0.2, 0) is 10.8 Å². The van der Waals surface area contributed by atoms with Gasteiger partial charge in [-0.1, -0.05) is 155 Å².